The smallest absolute Gasteiger partial charge is 0.398 e. The van der Waals surface area contributed by atoms with Crippen LogP contribution in [0.2, 0.25) is 0 Å². The molecule has 3 atom stereocenters. The molecule has 0 saturated carbocycles. The van der Waals surface area contributed by atoms with Gasteiger partial charge in [-0.1, -0.05) is 0 Å². The number of rotatable bonds is 3. The van der Waals surface area contributed by atoms with Crippen LogP contribution in [0.4, 0.5) is 17.6 Å². The van der Waals surface area contributed by atoms with E-state index in [1.807, 2.05) is 6.92 Å². The molecule has 8 heteroatoms. The molecule has 3 unspecified atom stereocenters. The van der Waals surface area contributed by atoms with Crippen LogP contribution in [0.25, 0.3) is 0 Å². The SMILES string of the molecule is CC1=C(OC2CC(OC3CC=C(F)C(C(F)(F)F)C3)=NC=N2)CCCC1. The second-order valence-corrected chi connectivity index (χ2v) is 6.87. The summed E-state index contributed by atoms with van der Waals surface area (Å²) in [4.78, 5) is 8.17. The summed E-state index contributed by atoms with van der Waals surface area (Å²) in [6.07, 6.45) is 0.379. The predicted molar refractivity (Wildman–Crippen MR) is 89.4 cm³/mol. The van der Waals surface area contributed by atoms with Crippen LogP contribution < -0.4 is 0 Å². The van der Waals surface area contributed by atoms with Gasteiger partial charge in [-0.3, -0.25) is 0 Å². The van der Waals surface area contributed by atoms with Crippen molar-refractivity contribution in [2.24, 2.45) is 15.9 Å². The molecule has 26 heavy (non-hydrogen) atoms. The second kappa shape index (κ2) is 7.80. The molecule has 0 aromatic heterocycles. The highest BCUT2D eigenvalue weighted by Crippen LogP contribution is 2.40. The maximum Gasteiger partial charge on any atom is 0.398 e. The molecule has 0 fully saturated rings. The van der Waals surface area contributed by atoms with E-state index < -0.39 is 36.7 Å². The van der Waals surface area contributed by atoms with Gasteiger partial charge in [-0.15, -0.1) is 0 Å². The fourth-order valence-electron chi connectivity index (χ4n) is 3.37. The van der Waals surface area contributed by atoms with Crippen LogP contribution in [0.5, 0.6) is 0 Å². The van der Waals surface area contributed by atoms with E-state index >= 15 is 0 Å². The number of aliphatic imine (C=N–C) groups is 2. The molecule has 0 radical (unpaired) electrons. The Morgan fingerprint density at radius 2 is 1.92 bits per heavy atom. The van der Waals surface area contributed by atoms with E-state index in [2.05, 4.69) is 9.98 Å². The molecule has 0 saturated heterocycles. The summed E-state index contributed by atoms with van der Waals surface area (Å²) in [5.74, 6) is -2.04. The van der Waals surface area contributed by atoms with Crippen LogP contribution in [-0.2, 0) is 9.47 Å². The number of halogens is 4. The van der Waals surface area contributed by atoms with Gasteiger partial charge >= 0.3 is 6.18 Å². The minimum absolute atomic E-state index is 0.0877. The van der Waals surface area contributed by atoms with Crippen molar-refractivity contribution in [1.29, 1.82) is 0 Å². The molecular formula is C18H22F4N2O2. The number of hydrogen-bond donors (Lipinski definition) is 0. The fraction of sp³-hybridized carbons (Fsp3) is 0.667. The zero-order chi connectivity index (χ0) is 18.7. The summed E-state index contributed by atoms with van der Waals surface area (Å²) < 4.78 is 63.7. The van der Waals surface area contributed by atoms with Gasteiger partial charge in [0, 0.05) is 19.3 Å². The summed E-state index contributed by atoms with van der Waals surface area (Å²) in [6, 6.07) is 0. The van der Waals surface area contributed by atoms with Crippen LogP contribution in [0.3, 0.4) is 0 Å². The van der Waals surface area contributed by atoms with Crippen LogP contribution in [0.15, 0.2) is 33.2 Å². The van der Waals surface area contributed by atoms with Gasteiger partial charge < -0.3 is 9.47 Å². The van der Waals surface area contributed by atoms with Crippen LogP contribution in [0, 0.1) is 5.92 Å². The van der Waals surface area contributed by atoms with Gasteiger partial charge in [0.2, 0.25) is 0 Å². The van der Waals surface area contributed by atoms with E-state index in [1.54, 1.807) is 0 Å². The number of hydrogen-bond acceptors (Lipinski definition) is 4. The molecule has 0 N–H and O–H groups in total. The largest absolute Gasteiger partial charge is 0.477 e. The summed E-state index contributed by atoms with van der Waals surface area (Å²) in [5, 5.41) is 0. The Morgan fingerprint density at radius 1 is 1.15 bits per heavy atom. The Hall–Kier alpha value is -1.86. The lowest BCUT2D eigenvalue weighted by atomic mass is 9.92. The lowest BCUT2D eigenvalue weighted by molar-refractivity contribution is -0.176. The fourth-order valence-corrected chi connectivity index (χ4v) is 3.37. The molecule has 144 valence electrons. The molecule has 0 aromatic rings. The average Bonchev–Trinajstić information content (AvgIpc) is 2.58. The van der Waals surface area contributed by atoms with Crippen molar-refractivity contribution in [3.8, 4) is 0 Å². The Bertz CT molecular complexity index is 652. The average molecular weight is 374 g/mol. The third-order valence-corrected chi connectivity index (χ3v) is 4.85. The zero-order valence-electron chi connectivity index (χ0n) is 14.6. The van der Waals surface area contributed by atoms with Crippen LogP contribution in [-0.4, -0.2) is 30.7 Å². The van der Waals surface area contributed by atoms with Gasteiger partial charge in [0.25, 0.3) is 0 Å². The zero-order valence-corrected chi connectivity index (χ0v) is 14.6. The van der Waals surface area contributed by atoms with Crippen molar-refractivity contribution in [2.75, 3.05) is 0 Å². The second-order valence-electron chi connectivity index (χ2n) is 6.87. The normalized spacial score (nSPS) is 30.0. The highest BCUT2D eigenvalue weighted by molar-refractivity contribution is 5.86. The van der Waals surface area contributed by atoms with Crippen LogP contribution >= 0.6 is 0 Å². The Kier molecular flexibility index (Phi) is 5.67. The number of ether oxygens (including phenoxy) is 2. The summed E-state index contributed by atoms with van der Waals surface area (Å²) in [6.45, 7) is 2.03. The number of nitrogens with zero attached hydrogens (tertiary/aromatic N) is 2. The first-order valence-corrected chi connectivity index (χ1v) is 8.85. The van der Waals surface area contributed by atoms with Crippen molar-refractivity contribution in [1.82, 2.24) is 0 Å². The molecular weight excluding hydrogens is 352 g/mol. The monoisotopic (exact) mass is 374 g/mol. The molecule has 2 aliphatic carbocycles. The van der Waals surface area contributed by atoms with Gasteiger partial charge in [-0.05, 0) is 37.8 Å². The highest BCUT2D eigenvalue weighted by Gasteiger charge is 2.46. The first-order chi connectivity index (χ1) is 12.3. The molecule has 0 bridgehead atoms. The maximum atomic E-state index is 13.5. The third kappa shape index (κ3) is 4.65. The lowest BCUT2D eigenvalue weighted by Crippen LogP contribution is -2.34. The predicted octanol–water partition coefficient (Wildman–Crippen LogP) is 5.22. The molecule has 3 aliphatic rings. The van der Waals surface area contributed by atoms with Gasteiger partial charge in [-0.2, -0.15) is 13.2 Å². The summed E-state index contributed by atoms with van der Waals surface area (Å²) in [7, 11) is 0. The first kappa shape index (κ1) is 18.9. The van der Waals surface area contributed by atoms with Gasteiger partial charge in [-0.25, -0.2) is 14.4 Å². The molecule has 0 amide bonds. The van der Waals surface area contributed by atoms with Crippen molar-refractivity contribution >= 4 is 12.2 Å². The quantitative estimate of drug-likeness (QED) is 0.636. The molecule has 1 aliphatic heterocycles. The number of alkyl halides is 3. The van der Waals surface area contributed by atoms with Crippen molar-refractivity contribution in [2.45, 2.75) is 70.4 Å². The van der Waals surface area contributed by atoms with Crippen molar-refractivity contribution < 1.29 is 27.0 Å². The highest BCUT2D eigenvalue weighted by atomic mass is 19.4. The van der Waals surface area contributed by atoms with E-state index in [-0.39, 0.29) is 18.7 Å². The Morgan fingerprint density at radius 3 is 2.65 bits per heavy atom. The summed E-state index contributed by atoms with van der Waals surface area (Å²) >= 11 is 0. The molecule has 0 aromatic carbocycles. The van der Waals surface area contributed by atoms with E-state index in [0.29, 0.717) is 0 Å². The molecule has 0 spiro atoms. The van der Waals surface area contributed by atoms with E-state index in [9.17, 15) is 17.6 Å². The molecule has 1 heterocycles. The van der Waals surface area contributed by atoms with Gasteiger partial charge in [0.1, 0.15) is 24.2 Å². The summed E-state index contributed by atoms with van der Waals surface area (Å²) in [5.41, 5.74) is 1.21. The minimum atomic E-state index is -4.62. The Labute approximate surface area is 149 Å². The van der Waals surface area contributed by atoms with E-state index in [0.717, 1.165) is 37.5 Å². The van der Waals surface area contributed by atoms with E-state index in [1.165, 1.54) is 11.9 Å². The Balaban J connectivity index is 1.58. The van der Waals surface area contributed by atoms with Crippen LogP contribution in [0.1, 0.15) is 51.9 Å². The van der Waals surface area contributed by atoms with Gasteiger partial charge in [0.05, 0.1) is 12.2 Å². The first-order valence-electron chi connectivity index (χ1n) is 8.85. The topological polar surface area (TPSA) is 43.2 Å². The van der Waals surface area contributed by atoms with Crippen molar-refractivity contribution in [3.63, 3.8) is 0 Å². The van der Waals surface area contributed by atoms with E-state index in [4.69, 9.17) is 9.47 Å². The van der Waals surface area contributed by atoms with Gasteiger partial charge in [0.15, 0.2) is 12.1 Å². The maximum absolute atomic E-state index is 13.5. The minimum Gasteiger partial charge on any atom is -0.477 e. The third-order valence-electron chi connectivity index (χ3n) is 4.85. The number of allylic oxidation sites excluding steroid dienone is 3. The standard InChI is InChI=1S/C18H22F4N2O2/c1-11-4-2-3-5-15(11)26-17-9-16(23-10-24-17)25-12-6-7-14(19)13(8-12)18(20,21)22/h7,10,12-13,17H,2-6,8-9H2,1H3. The molecule has 3 rings (SSSR count). The van der Waals surface area contributed by atoms with Crippen molar-refractivity contribution in [3.05, 3.63) is 23.2 Å². The lowest BCUT2D eigenvalue weighted by Gasteiger charge is -2.30. The molecule has 4 nitrogen and oxygen atoms in total.